The molecule has 4 aromatic heterocycles. The number of nitrogens with one attached hydrogen (secondary N) is 1. The molecule has 0 spiro atoms. The Labute approximate surface area is 390 Å². The maximum Gasteiger partial charge on any atom is 0.434 e. The molecule has 68 heavy (non-hydrogen) atoms. The maximum absolute atomic E-state index is 13.5. The Morgan fingerprint density at radius 3 is 1.56 bits per heavy atom. The van der Waals surface area contributed by atoms with E-state index in [-0.39, 0.29) is 31.6 Å². The van der Waals surface area contributed by atoms with E-state index in [9.17, 15) is 41.0 Å². The second-order valence-electron chi connectivity index (χ2n) is 18.7. The molecule has 0 saturated carbocycles. The van der Waals surface area contributed by atoms with Crippen molar-refractivity contribution in [3.63, 3.8) is 0 Å². The lowest BCUT2D eigenvalue weighted by Crippen LogP contribution is -2.30. The van der Waals surface area contributed by atoms with Crippen molar-refractivity contribution in [2.45, 2.75) is 86.3 Å². The number of rotatable bonds is 17. The quantitative estimate of drug-likeness (QED) is 0.0451. The number of imidazole rings is 2. The number of aromatic amines is 1. The van der Waals surface area contributed by atoms with Crippen LogP contribution < -0.4 is 9.47 Å². The van der Waals surface area contributed by atoms with Gasteiger partial charge in [0.15, 0.2) is 5.69 Å². The lowest BCUT2D eigenvalue weighted by molar-refractivity contribution is -0.149. The normalized spacial score (nSPS) is 12.3. The van der Waals surface area contributed by atoms with Crippen LogP contribution in [0.25, 0.3) is 45.3 Å². The number of benzene rings is 2. The van der Waals surface area contributed by atoms with Crippen molar-refractivity contribution in [3.8, 4) is 56.8 Å². The molecule has 0 bridgehead atoms. The number of H-pyrrole nitrogens is 1. The molecule has 6 aromatic rings. The molecule has 20 heteroatoms. The zero-order valence-electron chi connectivity index (χ0n) is 39.1. The first kappa shape index (κ1) is 52.4. The number of carboxylic acid groups (broad SMARTS) is 2. The molecular weight excluding hydrogens is 915 g/mol. The molecule has 0 atom stereocenters. The third-order valence-electron chi connectivity index (χ3n) is 10.6. The number of hydrogen-bond acceptors (Lipinski definition) is 9. The van der Waals surface area contributed by atoms with Gasteiger partial charge in [0.05, 0.1) is 28.4 Å². The summed E-state index contributed by atoms with van der Waals surface area (Å²) in [6.45, 7) is 17.0. The van der Waals surface area contributed by atoms with Gasteiger partial charge in [-0.15, -0.1) is 0 Å². The van der Waals surface area contributed by atoms with Gasteiger partial charge in [-0.05, 0) is 119 Å². The predicted octanol–water partition coefficient (Wildman–Crippen LogP) is 11.7. The summed E-state index contributed by atoms with van der Waals surface area (Å²) >= 11 is 0. The van der Waals surface area contributed by atoms with E-state index in [4.69, 9.17) is 19.3 Å². The molecule has 0 fully saturated rings. The highest BCUT2D eigenvalue weighted by Gasteiger charge is 2.36. The van der Waals surface area contributed by atoms with Crippen LogP contribution >= 0.6 is 0 Å². The number of ether oxygens (including phenoxy) is 3. The fraction of sp³-hybridized carbons (Fsp3) is 0.375. The van der Waals surface area contributed by atoms with Gasteiger partial charge in [0.1, 0.15) is 48.8 Å². The Bertz CT molecular complexity index is 2690. The number of aromatic nitrogens is 6. The van der Waals surface area contributed by atoms with Gasteiger partial charge in [-0.1, -0.05) is 19.6 Å². The average molecular weight is 969 g/mol. The van der Waals surface area contributed by atoms with Crippen molar-refractivity contribution in [2.24, 2.45) is 10.8 Å². The molecule has 0 aliphatic carbocycles. The van der Waals surface area contributed by atoms with E-state index in [2.05, 4.69) is 44.6 Å². The first-order chi connectivity index (χ1) is 31.5. The second-order valence-corrected chi connectivity index (χ2v) is 24.3. The van der Waals surface area contributed by atoms with Gasteiger partial charge in [-0.3, -0.25) is 19.6 Å². The maximum atomic E-state index is 13.5. The van der Waals surface area contributed by atoms with E-state index in [1.165, 1.54) is 17.0 Å². The number of hydrogen-bond donors (Lipinski definition) is 3. The van der Waals surface area contributed by atoms with E-state index in [0.717, 1.165) is 29.6 Å². The highest BCUT2D eigenvalue weighted by atomic mass is 28.3. The molecule has 364 valence electrons. The van der Waals surface area contributed by atoms with Gasteiger partial charge < -0.3 is 34.0 Å². The van der Waals surface area contributed by atoms with Gasteiger partial charge in [-0.2, -0.15) is 26.3 Å². The van der Waals surface area contributed by atoms with Crippen molar-refractivity contribution in [1.29, 1.82) is 0 Å². The first-order valence-corrected chi connectivity index (χ1v) is 25.0. The first-order valence-electron chi connectivity index (χ1n) is 21.3. The number of carbonyl (C=O) groups is 2. The molecule has 4 heterocycles. The Morgan fingerprint density at radius 2 is 1.16 bits per heavy atom. The van der Waals surface area contributed by atoms with Crippen molar-refractivity contribution < 1.29 is 60.4 Å². The van der Waals surface area contributed by atoms with Gasteiger partial charge >= 0.3 is 24.3 Å². The van der Waals surface area contributed by atoms with Crippen LogP contribution in [0.15, 0.2) is 85.5 Å². The number of aliphatic carboxylic acids is 2. The molecule has 0 amide bonds. The van der Waals surface area contributed by atoms with Crippen molar-refractivity contribution in [2.75, 3.05) is 19.8 Å². The number of alkyl halides is 6. The summed E-state index contributed by atoms with van der Waals surface area (Å²) in [4.78, 5) is 41.2. The van der Waals surface area contributed by atoms with E-state index >= 15 is 0 Å². The molecule has 0 saturated heterocycles. The minimum absolute atomic E-state index is 0.0160. The summed E-state index contributed by atoms with van der Waals surface area (Å²) in [7, 11) is -1.34. The van der Waals surface area contributed by atoms with Crippen LogP contribution in [-0.4, -0.2) is 79.5 Å². The molecular formula is C48H54F6N6O7Si. The van der Waals surface area contributed by atoms with Crippen LogP contribution in [0, 0.1) is 24.7 Å². The topological polar surface area (TPSA) is 175 Å². The highest BCUT2D eigenvalue weighted by Crippen LogP contribution is 2.35. The predicted molar refractivity (Wildman–Crippen MR) is 246 cm³/mol. The lowest BCUT2D eigenvalue weighted by Gasteiger charge is -2.19. The van der Waals surface area contributed by atoms with Crippen LogP contribution in [0.3, 0.4) is 0 Å². The molecule has 0 aliphatic heterocycles. The third-order valence-corrected chi connectivity index (χ3v) is 12.3. The van der Waals surface area contributed by atoms with Crippen LogP contribution in [0.5, 0.6) is 11.5 Å². The second kappa shape index (κ2) is 20.8. The summed E-state index contributed by atoms with van der Waals surface area (Å²) in [5.74, 6) is -0.605. The Morgan fingerprint density at radius 1 is 0.691 bits per heavy atom. The van der Waals surface area contributed by atoms with Crippen LogP contribution in [-0.2, 0) is 33.4 Å². The molecule has 13 nitrogen and oxygen atoms in total. The van der Waals surface area contributed by atoms with Crippen molar-refractivity contribution in [1.82, 2.24) is 29.5 Å². The highest BCUT2D eigenvalue weighted by molar-refractivity contribution is 6.76. The molecule has 6 rings (SSSR count). The summed E-state index contributed by atoms with van der Waals surface area (Å²) in [6, 6.07) is 18.4. The van der Waals surface area contributed by atoms with Gasteiger partial charge in [-0.25, -0.2) is 9.97 Å². The van der Waals surface area contributed by atoms with Gasteiger partial charge in [0, 0.05) is 55.5 Å². The fourth-order valence-corrected chi connectivity index (χ4v) is 6.77. The zero-order chi connectivity index (χ0) is 50.4. The molecule has 0 radical (unpaired) electrons. The molecule has 3 N–H and O–H groups in total. The van der Waals surface area contributed by atoms with E-state index in [1.807, 2.05) is 0 Å². The largest absolute Gasteiger partial charge is 0.492 e. The van der Waals surface area contributed by atoms with Crippen LogP contribution in [0.2, 0.25) is 25.7 Å². The fourth-order valence-electron chi connectivity index (χ4n) is 6.01. The molecule has 0 aliphatic rings. The van der Waals surface area contributed by atoms with E-state index < -0.39 is 54.6 Å². The SMILES string of the molecule is Cc1cc(-c2ccc(OCC(C)(C)C(=O)O)cc2)ncc1-c1nc(C(F)(F)F)cn1COCC[Si](C)(C)C.Cc1cc(-c2ccc(OCC(C)(C)C(=O)O)cc2)ncc1-c1ncc(C(F)(F)F)[nH]1. The van der Waals surface area contributed by atoms with Crippen LogP contribution in [0.1, 0.15) is 50.2 Å². The number of pyridine rings is 2. The number of nitrogens with zero attached hydrogens (tertiary/aromatic N) is 5. The Balaban J connectivity index is 0.000000261. The summed E-state index contributed by atoms with van der Waals surface area (Å²) in [6.07, 6.45) is -4.34. The van der Waals surface area contributed by atoms with Crippen LogP contribution in [0.4, 0.5) is 26.3 Å². The number of aryl methyl sites for hydroxylation is 2. The van der Waals surface area contributed by atoms with Crippen molar-refractivity contribution in [3.05, 3.63) is 108 Å². The lowest BCUT2D eigenvalue weighted by atomic mass is 9.95. The monoisotopic (exact) mass is 968 g/mol. The smallest absolute Gasteiger partial charge is 0.434 e. The standard InChI is InChI=1S/C27H34F3N3O4Si.C21H20F3N3O3/c1-18-13-22(19-7-9-20(10-8-19)37-16-26(2,3)25(34)35)31-14-21(18)24-32-23(27(28,29)30)15-33(24)17-36-11-12-38(4,5)6;1-12-8-16(25-9-15(12)18-26-10-17(27-18)21(22,23)24)13-4-6-14(7-5-13)30-11-20(2,3)19(28)29/h7-10,13-15H,11-12,16-17H2,1-6H3,(H,34,35);4-10H,11H2,1-3H3,(H,26,27)(H,28,29). The zero-order valence-corrected chi connectivity index (χ0v) is 40.1. The van der Waals surface area contributed by atoms with E-state index in [0.29, 0.717) is 51.7 Å². The molecule has 2 aromatic carbocycles. The summed E-state index contributed by atoms with van der Waals surface area (Å²) in [5, 5.41) is 18.4. The Hall–Kier alpha value is -6.54. The van der Waals surface area contributed by atoms with Crippen molar-refractivity contribution >= 4 is 20.0 Å². The summed E-state index contributed by atoms with van der Waals surface area (Å²) < 4.78 is 96.9. The molecule has 0 unspecified atom stereocenters. The minimum atomic E-state index is -4.58. The number of carboxylic acids is 2. The van der Waals surface area contributed by atoms with E-state index in [1.54, 1.807) is 102 Å². The van der Waals surface area contributed by atoms with Gasteiger partial charge in [0.2, 0.25) is 0 Å². The average Bonchev–Trinajstić information content (AvgIpc) is 3.93. The van der Waals surface area contributed by atoms with Gasteiger partial charge in [0.25, 0.3) is 0 Å². The Kier molecular flexibility index (Phi) is 16.0. The third kappa shape index (κ3) is 14.0. The number of halogens is 6. The minimum Gasteiger partial charge on any atom is -0.492 e. The summed E-state index contributed by atoms with van der Waals surface area (Å²) in [5.41, 5.74) is 1.28.